The fourth-order valence-electron chi connectivity index (χ4n) is 3.28. The van der Waals surface area contributed by atoms with Crippen LogP contribution in [0, 0.1) is 0 Å². The lowest BCUT2D eigenvalue weighted by molar-refractivity contribution is -0.116. The highest BCUT2D eigenvalue weighted by molar-refractivity contribution is 6.30. The van der Waals surface area contributed by atoms with Crippen molar-refractivity contribution in [2.24, 2.45) is 0 Å². The van der Waals surface area contributed by atoms with Gasteiger partial charge in [0.15, 0.2) is 11.6 Å². The molecule has 2 aromatic carbocycles. The molecule has 0 atom stereocenters. The van der Waals surface area contributed by atoms with Crippen LogP contribution >= 0.6 is 11.6 Å². The standard InChI is InChI=1S/C24H21ClN4O3/c1-2-32-24(31)19-15-26-29(21-13-10-17-5-3-4-6-20(17)27-21)23(19)28-22(30)14-9-16-7-11-18(25)12-8-16/h3-8,10-13,15H,2,9,14H2,1H3,(H,28,30). The van der Waals surface area contributed by atoms with Crippen molar-refractivity contribution in [1.82, 2.24) is 14.8 Å². The summed E-state index contributed by atoms with van der Waals surface area (Å²) < 4.78 is 6.58. The highest BCUT2D eigenvalue weighted by Crippen LogP contribution is 2.23. The van der Waals surface area contributed by atoms with E-state index in [-0.39, 0.29) is 30.3 Å². The number of pyridine rings is 1. The molecule has 0 aliphatic rings. The van der Waals surface area contributed by atoms with Crippen LogP contribution in [0.25, 0.3) is 16.7 Å². The summed E-state index contributed by atoms with van der Waals surface area (Å²) in [6, 6.07) is 18.7. The molecule has 4 rings (SSSR count). The number of carbonyl (C=O) groups excluding carboxylic acids is 2. The van der Waals surface area contributed by atoms with Gasteiger partial charge in [0.1, 0.15) is 5.56 Å². The Balaban J connectivity index is 1.62. The highest BCUT2D eigenvalue weighted by atomic mass is 35.5. The molecule has 1 N–H and O–H groups in total. The van der Waals surface area contributed by atoms with E-state index in [9.17, 15) is 9.59 Å². The number of fused-ring (bicyclic) bond motifs is 1. The summed E-state index contributed by atoms with van der Waals surface area (Å²) in [4.78, 5) is 29.8. The molecule has 0 saturated heterocycles. The minimum atomic E-state index is -0.562. The molecule has 4 aromatic rings. The van der Waals surface area contributed by atoms with Crippen molar-refractivity contribution in [3.63, 3.8) is 0 Å². The van der Waals surface area contributed by atoms with Crippen LogP contribution in [0.4, 0.5) is 5.82 Å². The van der Waals surface area contributed by atoms with Gasteiger partial charge in [0, 0.05) is 16.8 Å². The normalized spacial score (nSPS) is 10.8. The zero-order valence-electron chi connectivity index (χ0n) is 17.4. The number of halogens is 1. The smallest absolute Gasteiger partial charge is 0.343 e. The van der Waals surface area contributed by atoms with Crippen molar-refractivity contribution in [2.45, 2.75) is 19.8 Å². The van der Waals surface area contributed by atoms with Crippen LogP contribution in [-0.4, -0.2) is 33.2 Å². The summed E-state index contributed by atoms with van der Waals surface area (Å²) >= 11 is 5.92. The lowest BCUT2D eigenvalue weighted by Gasteiger charge is -2.11. The topological polar surface area (TPSA) is 86.1 Å². The van der Waals surface area contributed by atoms with Crippen LogP contribution in [-0.2, 0) is 16.0 Å². The first kappa shape index (κ1) is 21.5. The molecular weight excluding hydrogens is 428 g/mol. The monoisotopic (exact) mass is 448 g/mol. The van der Waals surface area contributed by atoms with E-state index in [1.807, 2.05) is 42.5 Å². The second kappa shape index (κ2) is 9.62. The van der Waals surface area contributed by atoms with E-state index in [0.717, 1.165) is 16.5 Å². The molecule has 8 heteroatoms. The summed E-state index contributed by atoms with van der Waals surface area (Å²) in [7, 11) is 0. The summed E-state index contributed by atoms with van der Waals surface area (Å²) in [6.45, 7) is 1.93. The van der Waals surface area contributed by atoms with Crippen LogP contribution in [0.15, 0.2) is 66.9 Å². The summed E-state index contributed by atoms with van der Waals surface area (Å²) in [5.74, 6) is -0.111. The lowest BCUT2D eigenvalue weighted by atomic mass is 10.1. The second-order valence-corrected chi connectivity index (χ2v) is 7.51. The number of hydrogen-bond acceptors (Lipinski definition) is 5. The molecule has 7 nitrogen and oxygen atoms in total. The number of aromatic nitrogens is 3. The fraction of sp³-hybridized carbons (Fsp3) is 0.167. The Hall–Kier alpha value is -3.71. The molecule has 0 saturated carbocycles. The first-order valence-corrected chi connectivity index (χ1v) is 10.6. The number of para-hydroxylation sites is 1. The number of ether oxygens (including phenoxy) is 1. The Morgan fingerprint density at radius 1 is 1.06 bits per heavy atom. The van der Waals surface area contributed by atoms with Crippen molar-refractivity contribution in [3.8, 4) is 5.82 Å². The van der Waals surface area contributed by atoms with Gasteiger partial charge in [-0.05, 0) is 49.2 Å². The predicted molar refractivity (Wildman–Crippen MR) is 123 cm³/mol. The van der Waals surface area contributed by atoms with E-state index in [1.54, 1.807) is 25.1 Å². The molecule has 32 heavy (non-hydrogen) atoms. The molecule has 0 aliphatic heterocycles. The van der Waals surface area contributed by atoms with Crippen molar-refractivity contribution >= 4 is 40.2 Å². The van der Waals surface area contributed by atoms with Gasteiger partial charge in [-0.2, -0.15) is 9.78 Å². The molecule has 0 aliphatic carbocycles. The average Bonchev–Trinajstić information content (AvgIpc) is 3.22. The van der Waals surface area contributed by atoms with Crippen molar-refractivity contribution in [3.05, 3.63) is 83.0 Å². The number of nitrogens with zero attached hydrogens (tertiary/aromatic N) is 3. The average molecular weight is 449 g/mol. The first-order valence-electron chi connectivity index (χ1n) is 10.2. The molecular formula is C24H21ClN4O3. The van der Waals surface area contributed by atoms with E-state index in [4.69, 9.17) is 16.3 Å². The van der Waals surface area contributed by atoms with Crippen LogP contribution < -0.4 is 5.32 Å². The summed E-state index contributed by atoms with van der Waals surface area (Å²) in [5.41, 5.74) is 1.93. The van der Waals surface area contributed by atoms with Crippen molar-refractivity contribution in [2.75, 3.05) is 11.9 Å². The maximum Gasteiger partial charge on any atom is 0.343 e. The Morgan fingerprint density at radius 2 is 1.84 bits per heavy atom. The van der Waals surface area contributed by atoms with Crippen LogP contribution in [0.3, 0.4) is 0 Å². The maximum atomic E-state index is 12.7. The van der Waals surface area contributed by atoms with Gasteiger partial charge in [0.25, 0.3) is 0 Å². The molecule has 0 bridgehead atoms. The Bertz CT molecular complexity index is 1270. The molecule has 162 valence electrons. The number of esters is 1. The Kier molecular flexibility index (Phi) is 6.47. The van der Waals surface area contributed by atoms with Gasteiger partial charge in [0.05, 0.1) is 18.3 Å². The lowest BCUT2D eigenvalue weighted by Crippen LogP contribution is -2.18. The molecule has 2 heterocycles. The number of carbonyl (C=O) groups is 2. The first-order chi connectivity index (χ1) is 15.5. The highest BCUT2D eigenvalue weighted by Gasteiger charge is 2.22. The zero-order valence-corrected chi connectivity index (χ0v) is 18.2. The van der Waals surface area contributed by atoms with Crippen LogP contribution in [0.1, 0.15) is 29.3 Å². The summed E-state index contributed by atoms with van der Waals surface area (Å²) in [6.07, 6.45) is 2.13. The van der Waals surface area contributed by atoms with E-state index in [2.05, 4.69) is 15.4 Å². The molecule has 0 unspecified atom stereocenters. The molecule has 0 spiro atoms. The molecule has 0 radical (unpaired) electrons. The molecule has 0 fully saturated rings. The SMILES string of the molecule is CCOC(=O)c1cnn(-c2ccc3ccccc3n2)c1NC(=O)CCc1ccc(Cl)cc1. The number of hydrogen-bond donors (Lipinski definition) is 1. The summed E-state index contributed by atoms with van der Waals surface area (Å²) in [5, 5.41) is 8.74. The van der Waals surface area contributed by atoms with Gasteiger partial charge >= 0.3 is 5.97 Å². The van der Waals surface area contributed by atoms with E-state index in [1.165, 1.54) is 10.9 Å². The van der Waals surface area contributed by atoms with E-state index in [0.29, 0.717) is 17.3 Å². The fourth-order valence-corrected chi connectivity index (χ4v) is 3.40. The Labute approximate surface area is 190 Å². The van der Waals surface area contributed by atoms with Crippen molar-refractivity contribution < 1.29 is 14.3 Å². The van der Waals surface area contributed by atoms with Gasteiger partial charge in [-0.15, -0.1) is 0 Å². The van der Waals surface area contributed by atoms with Gasteiger partial charge in [0.2, 0.25) is 5.91 Å². The molecule has 1 amide bonds. The minimum Gasteiger partial charge on any atom is -0.462 e. The second-order valence-electron chi connectivity index (χ2n) is 7.08. The number of benzene rings is 2. The third-order valence-electron chi connectivity index (χ3n) is 4.88. The van der Waals surface area contributed by atoms with Gasteiger partial charge in [-0.1, -0.05) is 41.9 Å². The molecule has 2 aromatic heterocycles. The minimum absolute atomic E-state index is 0.168. The van der Waals surface area contributed by atoms with E-state index < -0.39 is 5.97 Å². The van der Waals surface area contributed by atoms with Crippen molar-refractivity contribution in [1.29, 1.82) is 0 Å². The number of anilines is 1. The van der Waals surface area contributed by atoms with Gasteiger partial charge < -0.3 is 10.1 Å². The quantitative estimate of drug-likeness (QED) is 0.409. The van der Waals surface area contributed by atoms with Crippen LogP contribution in [0.5, 0.6) is 0 Å². The number of rotatable bonds is 7. The van der Waals surface area contributed by atoms with E-state index >= 15 is 0 Å². The largest absolute Gasteiger partial charge is 0.462 e. The van der Waals surface area contributed by atoms with Gasteiger partial charge in [-0.3, -0.25) is 4.79 Å². The van der Waals surface area contributed by atoms with Gasteiger partial charge in [-0.25, -0.2) is 9.78 Å². The number of aryl methyl sites for hydroxylation is 1. The Morgan fingerprint density at radius 3 is 2.62 bits per heavy atom. The number of amides is 1. The number of nitrogens with one attached hydrogen (secondary N) is 1. The predicted octanol–water partition coefficient (Wildman–Crippen LogP) is 4.82. The third-order valence-corrected chi connectivity index (χ3v) is 5.13. The maximum absolute atomic E-state index is 12.7. The third kappa shape index (κ3) is 4.78. The zero-order chi connectivity index (χ0) is 22.5. The van der Waals surface area contributed by atoms with Crippen LogP contribution in [0.2, 0.25) is 5.02 Å².